The van der Waals surface area contributed by atoms with Gasteiger partial charge in [-0.05, 0) is 18.6 Å². The number of pyridine rings is 1. The highest BCUT2D eigenvalue weighted by atomic mass is 35.5. The summed E-state index contributed by atoms with van der Waals surface area (Å²) in [6.45, 7) is 9.57. The van der Waals surface area contributed by atoms with Crippen LogP contribution in [0.4, 0.5) is 5.69 Å². The molecule has 1 aromatic carbocycles. The van der Waals surface area contributed by atoms with Crippen LogP contribution in [0.15, 0.2) is 18.2 Å². The summed E-state index contributed by atoms with van der Waals surface area (Å²) >= 11 is 6.26. The zero-order chi connectivity index (χ0) is 15.6. The highest BCUT2D eigenvalue weighted by Crippen LogP contribution is 2.35. The van der Waals surface area contributed by atoms with Crippen molar-refractivity contribution in [3.05, 3.63) is 28.9 Å². The van der Waals surface area contributed by atoms with Crippen LogP contribution >= 0.6 is 11.6 Å². The summed E-state index contributed by atoms with van der Waals surface area (Å²) < 4.78 is 5.31. The third-order valence-corrected chi connectivity index (χ3v) is 3.71. The Kier molecular flexibility index (Phi) is 4.62. The van der Waals surface area contributed by atoms with Gasteiger partial charge < -0.3 is 10.1 Å². The Balaban J connectivity index is 2.68. The maximum atomic E-state index is 6.26. The van der Waals surface area contributed by atoms with Crippen molar-refractivity contribution < 1.29 is 4.74 Å². The van der Waals surface area contributed by atoms with Crippen LogP contribution in [0.3, 0.4) is 0 Å². The highest BCUT2D eigenvalue weighted by Gasteiger charge is 2.18. The third kappa shape index (κ3) is 3.41. The number of hydrogen-bond donors (Lipinski definition) is 1. The summed E-state index contributed by atoms with van der Waals surface area (Å²) in [5, 5.41) is 5.11. The summed E-state index contributed by atoms with van der Waals surface area (Å²) in [5.41, 5.74) is 3.03. The van der Waals surface area contributed by atoms with Gasteiger partial charge in [0.2, 0.25) is 0 Å². The normalized spacial score (nSPS) is 11.7. The van der Waals surface area contributed by atoms with Gasteiger partial charge in [0.1, 0.15) is 5.75 Å². The van der Waals surface area contributed by atoms with E-state index in [1.54, 1.807) is 7.11 Å². The first-order valence-electron chi connectivity index (χ1n) is 7.29. The first-order valence-corrected chi connectivity index (χ1v) is 7.67. The summed E-state index contributed by atoms with van der Waals surface area (Å²) in [7, 11) is 1.62. The second-order valence-electron chi connectivity index (χ2n) is 6.24. The number of fused-ring (bicyclic) bond motifs is 1. The van der Waals surface area contributed by atoms with E-state index in [1.165, 1.54) is 0 Å². The molecule has 1 aromatic heterocycles. The topological polar surface area (TPSA) is 34.2 Å². The van der Waals surface area contributed by atoms with Crippen molar-refractivity contribution >= 4 is 28.2 Å². The van der Waals surface area contributed by atoms with E-state index >= 15 is 0 Å². The van der Waals surface area contributed by atoms with E-state index in [4.69, 9.17) is 21.3 Å². The fourth-order valence-electron chi connectivity index (χ4n) is 2.17. The fraction of sp³-hybridized carbons (Fsp3) is 0.471. The number of ether oxygens (including phenoxy) is 1. The zero-order valence-electron chi connectivity index (χ0n) is 13.4. The highest BCUT2D eigenvalue weighted by molar-refractivity contribution is 6.33. The lowest BCUT2D eigenvalue weighted by Gasteiger charge is -2.21. The SMILES string of the molecule is CCCNc1cc(C(C)(C)C)nc2cc(OC)c(Cl)cc12. The molecule has 0 unspecified atom stereocenters. The molecule has 2 aromatic rings. The van der Waals surface area contributed by atoms with E-state index in [2.05, 4.69) is 39.1 Å². The number of rotatable bonds is 4. The molecule has 0 radical (unpaired) electrons. The van der Waals surface area contributed by atoms with E-state index in [9.17, 15) is 0 Å². The Hall–Kier alpha value is -1.48. The van der Waals surface area contributed by atoms with Crippen molar-refractivity contribution in [1.29, 1.82) is 0 Å². The smallest absolute Gasteiger partial charge is 0.139 e. The van der Waals surface area contributed by atoms with E-state index in [1.807, 2.05) is 12.1 Å². The van der Waals surface area contributed by atoms with E-state index in [-0.39, 0.29) is 5.41 Å². The van der Waals surface area contributed by atoms with Crippen molar-refractivity contribution in [2.24, 2.45) is 0 Å². The first kappa shape index (κ1) is 15.9. The van der Waals surface area contributed by atoms with Gasteiger partial charge in [0.25, 0.3) is 0 Å². The summed E-state index contributed by atoms with van der Waals surface area (Å²) in [4.78, 5) is 4.79. The number of benzene rings is 1. The van der Waals surface area contributed by atoms with Gasteiger partial charge in [0, 0.05) is 34.8 Å². The molecule has 0 aliphatic rings. The molecule has 0 aliphatic heterocycles. The molecule has 0 amide bonds. The number of nitrogens with zero attached hydrogens (tertiary/aromatic N) is 1. The fourth-order valence-corrected chi connectivity index (χ4v) is 2.41. The summed E-state index contributed by atoms with van der Waals surface area (Å²) in [6.07, 6.45) is 1.07. The molecule has 0 spiro atoms. The predicted molar refractivity (Wildman–Crippen MR) is 90.8 cm³/mol. The number of anilines is 1. The molecular weight excluding hydrogens is 284 g/mol. The monoisotopic (exact) mass is 306 g/mol. The largest absolute Gasteiger partial charge is 0.495 e. The van der Waals surface area contributed by atoms with Crippen molar-refractivity contribution in [2.75, 3.05) is 19.0 Å². The van der Waals surface area contributed by atoms with Crippen LogP contribution in [0.5, 0.6) is 5.75 Å². The lowest BCUT2D eigenvalue weighted by Crippen LogP contribution is -2.14. The zero-order valence-corrected chi connectivity index (χ0v) is 14.1. The molecule has 3 nitrogen and oxygen atoms in total. The van der Waals surface area contributed by atoms with Crippen molar-refractivity contribution in [3.63, 3.8) is 0 Å². The molecule has 21 heavy (non-hydrogen) atoms. The molecule has 4 heteroatoms. The van der Waals surface area contributed by atoms with Gasteiger partial charge in [-0.15, -0.1) is 0 Å². The molecule has 1 N–H and O–H groups in total. The van der Waals surface area contributed by atoms with Crippen LogP contribution < -0.4 is 10.1 Å². The third-order valence-electron chi connectivity index (χ3n) is 3.42. The number of aromatic nitrogens is 1. The molecule has 0 atom stereocenters. The molecule has 0 saturated carbocycles. The van der Waals surface area contributed by atoms with Crippen LogP contribution in [0.1, 0.15) is 39.8 Å². The summed E-state index contributed by atoms with van der Waals surface area (Å²) in [6, 6.07) is 5.96. The maximum absolute atomic E-state index is 6.26. The quantitative estimate of drug-likeness (QED) is 0.861. The second kappa shape index (κ2) is 6.10. The second-order valence-corrected chi connectivity index (χ2v) is 6.64. The minimum atomic E-state index is -0.0102. The number of nitrogens with one attached hydrogen (secondary N) is 1. The van der Waals surface area contributed by atoms with Gasteiger partial charge in [-0.2, -0.15) is 0 Å². The van der Waals surface area contributed by atoms with Gasteiger partial charge in [-0.3, -0.25) is 4.98 Å². The van der Waals surface area contributed by atoms with Gasteiger partial charge in [-0.25, -0.2) is 0 Å². The van der Waals surface area contributed by atoms with Gasteiger partial charge in [0.05, 0.1) is 17.6 Å². The number of halogens is 1. The molecule has 2 rings (SSSR count). The Morgan fingerprint density at radius 1 is 1.24 bits per heavy atom. The molecule has 1 heterocycles. The van der Waals surface area contributed by atoms with Crippen LogP contribution in [-0.2, 0) is 5.41 Å². The number of methoxy groups -OCH3 is 1. The lowest BCUT2D eigenvalue weighted by atomic mass is 9.90. The van der Waals surface area contributed by atoms with Crippen molar-refractivity contribution in [2.45, 2.75) is 39.5 Å². The molecule has 0 saturated heterocycles. The van der Waals surface area contributed by atoms with E-state index < -0.39 is 0 Å². The minimum Gasteiger partial charge on any atom is -0.495 e. The first-order chi connectivity index (χ1) is 9.86. The molecular formula is C17H23ClN2O. The average molecular weight is 307 g/mol. The summed E-state index contributed by atoms with van der Waals surface area (Å²) in [5.74, 6) is 0.657. The van der Waals surface area contributed by atoms with Crippen molar-refractivity contribution in [3.8, 4) is 5.75 Å². The van der Waals surface area contributed by atoms with Crippen LogP contribution in [0, 0.1) is 0 Å². The Bertz CT molecular complexity index is 647. The predicted octanol–water partition coefficient (Wildman–Crippen LogP) is 5.02. The van der Waals surface area contributed by atoms with Gasteiger partial charge in [-0.1, -0.05) is 39.3 Å². The number of hydrogen-bond acceptors (Lipinski definition) is 3. The van der Waals surface area contributed by atoms with Gasteiger partial charge in [0.15, 0.2) is 0 Å². The average Bonchev–Trinajstić information content (AvgIpc) is 2.43. The molecule has 0 fully saturated rings. The maximum Gasteiger partial charge on any atom is 0.139 e. The Labute approximate surface area is 131 Å². The van der Waals surface area contributed by atoms with Crippen LogP contribution in [0.2, 0.25) is 5.02 Å². The Morgan fingerprint density at radius 2 is 1.95 bits per heavy atom. The van der Waals surface area contributed by atoms with E-state index in [0.29, 0.717) is 10.8 Å². The van der Waals surface area contributed by atoms with Crippen LogP contribution in [0.25, 0.3) is 10.9 Å². The standard InChI is InChI=1S/C17H23ClN2O/c1-6-7-19-13-10-16(17(2,3)4)20-14-9-15(21-5)12(18)8-11(13)14/h8-10H,6-7H2,1-5H3,(H,19,20). The van der Waals surface area contributed by atoms with Gasteiger partial charge >= 0.3 is 0 Å². The molecule has 0 bridgehead atoms. The van der Waals surface area contributed by atoms with E-state index in [0.717, 1.165) is 35.2 Å². The Morgan fingerprint density at radius 3 is 2.52 bits per heavy atom. The molecule has 0 aliphatic carbocycles. The van der Waals surface area contributed by atoms with Crippen LogP contribution in [-0.4, -0.2) is 18.6 Å². The van der Waals surface area contributed by atoms with Crippen molar-refractivity contribution in [1.82, 2.24) is 4.98 Å². The molecule has 114 valence electrons. The lowest BCUT2D eigenvalue weighted by molar-refractivity contribution is 0.415. The minimum absolute atomic E-state index is 0.0102.